The summed E-state index contributed by atoms with van der Waals surface area (Å²) in [7, 11) is 0. The number of non-ortho nitro benzene ring substituents is 1. The predicted molar refractivity (Wildman–Crippen MR) is 110 cm³/mol. The summed E-state index contributed by atoms with van der Waals surface area (Å²) in [5, 5.41) is 18.3. The third-order valence-electron chi connectivity index (χ3n) is 3.93. The smallest absolute Gasteiger partial charge is 0.329 e. The lowest BCUT2D eigenvalue weighted by atomic mass is 10.1. The van der Waals surface area contributed by atoms with Gasteiger partial charge in [-0.3, -0.25) is 14.9 Å². The molecule has 0 radical (unpaired) electrons. The minimum Gasteiger partial charge on any atom is -0.454 e. The highest BCUT2D eigenvalue weighted by atomic mass is 16.6. The molecule has 0 heterocycles. The maximum Gasteiger partial charge on any atom is 0.329 e. The molecule has 2 aromatic carbocycles. The molecule has 0 fully saturated rings. The number of amides is 3. The molecule has 0 saturated carbocycles. The van der Waals surface area contributed by atoms with Crippen LogP contribution < -0.4 is 16.0 Å². The Morgan fingerprint density at radius 3 is 2.30 bits per heavy atom. The maximum atomic E-state index is 12.3. The number of para-hydroxylation sites is 1. The number of benzene rings is 2. The summed E-state index contributed by atoms with van der Waals surface area (Å²) in [5.41, 5.74) is 0.575. The summed E-state index contributed by atoms with van der Waals surface area (Å²) < 4.78 is 5.00. The lowest BCUT2D eigenvalue weighted by Gasteiger charge is -2.21. The van der Waals surface area contributed by atoms with E-state index in [2.05, 4.69) is 16.0 Å². The summed E-state index contributed by atoms with van der Waals surface area (Å²) >= 11 is 0. The number of urea groups is 1. The van der Waals surface area contributed by atoms with E-state index in [0.29, 0.717) is 5.69 Å². The normalized spacial score (nSPS) is 11.3. The first-order valence-corrected chi connectivity index (χ1v) is 9.09. The second-order valence-electron chi connectivity index (χ2n) is 6.65. The van der Waals surface area contributed by atoms with E-state index in [9.17, 15) is 24.5 Å². The summed E-state index contributed by atoms with van der Waals surface area (Å²) in [6.45, 7) is 2.84. The van der Waals surface area contributed by atoms with Crippen LogP contribution in [0.25, 0.3) is 0 Å². The molecule has 3 amide bonds. The summed E-state index contributed by atoms with van der Waals surface area (Å²) in [6.07, 6.45) is 0. The van der Waals surface area contributed by atoms with Gasteiger partial charge in [0.05, 0.1) is 4.92 Å². The molecule has 0 aliphatic carbocycles. The van der Waals surface area contributed by atoms with Crippen molar-refractivity contribution in [1.29, 1.82) is 0 Å². The molecule has 0 aromatic heterocycles. The summed E-state index contributed by atoms with van der Waals surface area (Å²) in [4.78, 5) is 46.7. The second-order valence-corrected chi connectivity index (χ2v) is 6.65. The number of rotatable bonds is 8. The van der Waals surface area contributed by atoms with Crippen molar-refractivity contribution in [3.05, 3.63) is 64.7 Å². The zero-order valence-electron chi connectivity index (χ0n) is 16.5. The Morgan fingerprint density at radius 2 is 1.67 bits per heavy atom. The van der Waals surface area contributed by atoms with Crippen LogP contribution in [0.2, 0.25) is 0 Å². The lowest BCUT2D eigenvalue weighted by molar-refractivity contribution is -0.384. The molecule has 3 N–H and O–H groups in total. The number of hydrogen-bond donors (Lipinski definition) is 3. The standard InChI is InChI=1S/C20H22N4O6/c1-13(2)18(23-20(27)22-14-7-4-3-5-8-14)19(26)30-12-17(25)21-15-9-6-10-16(11-15)24(28)29/h3-11,13,18H,12H2,1-2H3,(H,21,25)(H2,22,23,27)/t18-/m1/s1. The Labute approximate surface area is 172 Å². The van der Waals surface area contributed by atoms with Crippen LogP contribution in [0.15, 0.2) is 54.6 Å². The largest absolute Gasteiger partial charge is 0.454 e. The van der Waals surface area contributed by atoms with E-state index in [1.165, 1.54) is 24.3 Å². The molecule has 1 atom stereocenters. The van der Waals surface area contributed by atoms with Crippen molar-refractivity contribution in [1.82, 2.24) is 5.32 Å². The van der Waals surface area contributed by atoms with Crippen molar-refractivity contribution < 1.29 is 24.0 Å². The minimum absolute atomic E-state index is 0.182. The van der Waals surface area contributed by atoms with E-state index in [1.54, 1.807) is 44.2 Å². The third-order valence-corrected chi connectivity index (χ3v) is 3.93. The van der Waals surface area contributed by atoms with Gasteiger partial charge in [-0.15, -0.1) is 0 Å². The molecule has 0 spiro atoms. The molecule has 0 unspecified atom stereocenters. The van der Waals surface area contributed by atoms with Crippen molar-refractivity contribution in [2.75, 3.05) is 17.2 Å². The minimum atomic E-state index is -0.973. The van der Waals surface area contributed by atoms with Crippen LogP contribution in [0.1, 0.15) is 13.8 Å². The van der Waals surface area contributed by atoms with Crippen molar-refractivity contribution in [2.24, 2.45) is 5.92 Å². The van der Waals surface area contributed by atoms with Gasteiger partial charge < -0.3 is 20.7 Å². The Bertz CT molecular complexity index is 917. The predicted octanol–water partition coefficient (Wildman–Crippen LogP) is 2.92. The van der Waals surface area contributed by atoms with E-state index >= 15 is 0 Å². The molecule has 2 rings (SSSR count). The van der Waals surface area contributed by atoms with Crippen LogP contribution in [-0.4, -0.2) is 35.5 Å². The molecule has 0 saturated heterocycles. The number of carbonyl (C=O) groups is 3. The average Bonchev–Trinajstić information content (AvgIpc) is 2.71. The number of anilines is 2. The highest BCUT2D eigenvalue weighted by Gasteiger charge is 2.26. The third kappa shape index (κ3) is 6.89. The van der Waals surface area contributed by atoms with Gasteiger partial charge in [0, 0.05) is 23.5 Å². The number of carbonyl (C=O) groups excluding carboxylic acids is 3. The van der Waals surface area contributed by atoms with E-state index in [-0.39, 0.29) is 17.3 Å². The second kappa shape index (κ2) is 10.6. The number of nitro groups is 1. The molecular weight excluding hydrogens is 392 g/mol. The first-order chi connectivity index (χ1) is 14.3. The highest BCUT2D eigenvalue weighted by molar-refractivity contribution is 5.95. The Balaban J connectivity index is 1.88. The van der Waals surface area contributed by atoms with Crippen LogP contribution in [0.4, 0.5) is 21.9 Å². The van der Waals surface area contributed by atoms with E-state index < -0.39 is 35.5 Å². The van der Waals surface area contributed by atoms with Gasteiger partial charge in [-0.1, -0.05) is 38.1 Å². The maximum absolute atomic E-state index is 12.3. The molecule has 0 aliphatic heterocycles. The van der Waals surface area contributed by atoms with Gasteiger partial charge in [0.1, 0.15) is 6.04 Å². The number of nitro benzene ring substituents is 1. The summed E-state index contributed by atoms with van der Waals surface area (Å²) in [6, 6.07) is 12.5. The number of ether oxygens (including phenoxy) is 1. The molecule has 0 aliphatic rings. The van der Waals surface area contributed by atoms with Gasteiger partial charge in [-0.05, 0) is 24.1 Å². The van der Waals surface area contributed by atoms with Crippen LogP contribution in [0, 0.1) is 16.0 Å². The van der Waals surface area contributed by atoms with E-state index in [4.69, 9.17) is 4.74 Å². The van der Waals surface area contributed by atoms with Crippen molar-refractivity contribution in [2.45, 2.75) is 19.9 Å². The average molecular weight is 414 g/mol. The molecule has 30 heavy (non-hydrogen) atoms. The van der Waals surface area contributed by atoms with Crippen molar-refractivity contribution in [3.63, 3.8) is 0 Å². The topological polar surface area (TPSA) is 140 Å². The first kappa shape index (κ1) is 22.3. The fourth-order valence-electron chi connectivity index (χ4n) is 2.45. The number of hydrogen-bond acceptors (Lipinski definition) is 6. The summed E-state index contributed by atoms with van der Waals surface area (Å²) in [5.74, 6) is -1.73. The quantitative estimate of drug-likeness (QED) is 0.345. The Hall–Kier alpha value is -3.95. The number of nitrogens with zero attached hydrogens (tertiary/aromatic N) is 1. The van der Waals surface area contributed by atoms with Gasteiger partial charge in [0.25, 0.3) is 11.6 Å². The van der Waals surface area contributed by atoms with Crippen LogP contribution in [0.3, 0.4) is 0 Å². The Kier molecular flexibility index (Phi) is 7.86. The number of esters is 1. The Morgan fingerprint density at radius 1 is 1.00 bits per heavy atom. The highest BCUT2D eigenvalue weighted by Crippen LogP contribution is 2.17. The van der Waals surface area contributed by atoms with E-state index in [0.717, 1.165) is 0 Å². The first-order valence-electron chi connectivity index (χ1n) is 9.09. The van der Waals surface area contributed by atoms with E-state index in [1.807, 2.05) is 0 Å². The number of nitrogens with one attached hydrogen (secondary N) is 3. The zero-order chi connectivity index (χ0) is 22.1. The molecule has 158 valence electrons. The SMILES string of the molecule is CC(C)[C@@H](NC(=O)Nc1ccccc1)C(=O)OCC(=O)Nc1cccc([N+](=O)[O-])c1. The van der Waals surface area contributed by atoms with Gasteiger partial charge in [0.2, 0.25) is 0 Å². The molecule has 0 bridgehead atoms. The van der Waals surface area contributed by atoms with Gasteiger partial charge in [-0.25, -0.2) is 9.59 Å². The molecule has 10 nitrogen and oxygen atoms in total. The lowest BCUT2D eigenvalue weighted by Crippen LogP contribution is -2.47. The van der Waals surface area contributed by atoms with Gasteiger partial charge in [-0.2, -0.15) is 0 Å². The fraction of sp³-hybridized carbons (Fsp3) is 0.250. The van der Waals surface area contributed by atoms with Crippen LogP contribution in [0.5, 0.6) is 0 Å². The van der Waals surface area contributed by atoms with Gasteiger partial charge >= 0.3 is 12.0 Å². The zero-order valence-corrected chi connectivity index (χ0v) is 16.5. The van der Waals surface area contributed by atoms with Crippen molar-refractivity contribution in [3.8, 4) is 0 Å². The molecule has 10 heteroatoms. The van der Waals surface area contributed by atoms with Crippen LogP contribution in [-0.2, 0) is 14.3 Å². The fourth-order valence-corrected chi connectivity index (χ4v) is 2.45. The van der Waals surface area contributed by atoms with Crippen LogP contribution >= 0.6 is 0 Å². The monoisotopic (exact) mass is 414 g/mol. The van der Waals surface area contributed by atoms with Crippen molar-refractivity contribution >= 4 is 35.0 Å². The molecular formula is C20H22N4O6. The van der Waals surface area contributed by atoms with Gasteiger partial charge in [0.15, 0.2) is 6.61 Å². The molecule has 2 aromatic rings.